The lowest BCUT2D eigenvalue weighted by molar-refractivity contribution is -0.150. The zero-order chi connectivity index (χ0) is 14.5. The van der Waals surface area contributed by atoms with Crippen LogP contribution < -0.4 is 0 Å². The van der Waals surface area contributed by atoms with Crippen LogP contribution >= 0.6 is 0 Å². The molecule has 2 heteroatoms. The highest BCUT2D eigenvalue weighted by molar-refractivity contribution is 5.70. The highest BCUT2D eigenvalue weighted by Crippen LogP contribution is 2.60. The van der Waals surface area contributed by atoms with Gasteiger partial charge in [-0.05, 0) is 67.1 Å². The summed E-state index contributed by atoms with van der Waals surface area (Å²) < 4.78 is 0. The number of fused-ring (bicyclic) bond motifs is 2. The summed E-state index contributed by atoms with van der Waals surface area (Å²) in [5, 5.41) is 9.68. The van der Waals surface area contributed by atoms with Crippen LogP contribution in [0.1, 0.15) is 52.9 Å². The van der Waals surface area contributed by atoms with Crippen molar-refractivity contribution in [3.8, 4) is 0 Å². The molecule has 0 amide bonds. The molecule has 0 radical (unpaired) electrons. The summed E-state index contributed by atoms with van der Waals surface area (Å²) in [6, 6.07) is 0. The maximum atomic E-state index is 11.8. The Kier molecular flexibility index (Phi) is 3.46. The number of carbonyl (C=O) groups is 1. The number of carboxylic acid groups (broad SMARTS) is 1. The van der Waals surface area contributed by atoms with E-state index in [4.69, 9.17) is 0 Å². The Bertz CT molecular complexity index is 425. The van der Waals surface area contributed by atoms with E-state index in [0.29, 0.717) is 29.1 Å². The number of hydrogen-bond acceptors (Lipinski definition) is 1. The van der Waals surface area contributed by atoms with Gasteiger partial charge in [0.25, 0.3) is 0 Å². The molecular weight excluding hydrogens is 248 g/mol. The van der Waals surface area contributed by atoms with Gasteiger partial charge < -0.3 is 5.11 Å². The van der Waals surface area contributed by atoms with Crippen LogP contribution in [0.2, 0.25) is 0 Å². The molecule has 6 unspecified atom stereocenters. The van der Waals surface area contributed by atoms with Crippen LogP contribution in [0, 0.1) is 40.9 Å². The molecule has 6 atom stereocenters. The first kappa shape index (κ1) is 14.2. The van der Waals surface area contributed by atoms with E-state index >= 15 is 0 Å². The van der Waals surface area contributed by atoms with E-state index in [2.05, 4.69) is 32.9 Å². The lowest BCUT2D eigenvalue weighted by Crippen LogP contribution is -2.45. The van der Waals surface area contributed by atoms with E-state index in [0.717, 1.165) is 12.3 Å². The minimum Gasteiger partial charge on any atom is -0.481 e. The van der Waals surface area contributed by atoms with Crippen LogP contribution in [0.15, 0.2) is 12.2 Å². The van der Waals surface area contributed by atoms with Crippen LogP contribution in [0.25, 0.3) is 0 Å². The average molecular weight is 276 g/mol. The number of hydrogen-bond donors (Lipinski definition) is 1. The fourth-order valence-electron chi connectivity index (χ4n) is 5.62. The van der Waals surface area contributed by atoms with Crippen molar-refractivity contribution in [1.29, 1.82) is 0 Å². The molecule has 0 aliphatic heterocycles. The van der Waals surface area contributed by atoms with Gasteiger partial charge in [0, 0.05) is 0 Å². The van der Waals surface area contributed by atoms with Gasteiger partial charge in [-0.3, -0.25) is 4.79 Å². The molecule has 1 N–H and O–H groups in total. The van der Waals surface area contributed by atoms with E-state index in [9.17, 15) is 9.90 Å². The minimum atomic E-state index is -0.562. The van der Waals surface area contributed by atoms with Gasteiger partial charge in [-0.2, -0.15) is 0 Å². The molecule has 2 fully saturated rings. The van der Waals surface area contributed by atoms with Crippen LogP contribution in [0.4, 0.5) is 0 Å². The molecule has 2 nitrogen and oxygen atoms in total. The average Bonchev–Trinajstić information content (AvgIpc) is 2.98. The van der Waals surface area contributed by atoms with Gasteiger partial charge in [-0.1, -0.05) is 32.9 Å². The number of aliphatic carboxylic acids is 1. The molecule has 112 valence electrons. The third-order valence-corrected chi connectivity index (χ3v) is 6.39. The first-order chi connectivity index (χ1) is 9.43. The third kappa shape index (κ3) is 2.12. The Hall–Kier alpha value is -0.790. The Morgan fingerprint density at radius 1 is 1.35 bits per heavy atom. The first-order valence-corrected chi connectivity index (χ1v) is 8.35. The zero-order valence-electron chi connectivity index (χ0n) is 13.0. The van der Waals surface area contributed by atoms with E-state index < -0.39 is 5.97 Å². The molecule has 0 aromatic carbocycles. The summed E-state index contributed by atoms with van der Waals surface area (Å²) in [6.45, 7) is 6.71. The van der Waals surface area contributed by atoms with Crippen LogP contribution in [0.5, 0.6) is 0 Å². The van der Waals surface area contributed by atoms with Crippen molar-refractivity contribution < 1.29 is 9.90 Å². The Morgan fingerprint density at radius 3 is 2.55 bits per heavy atom. The van der Waals surface area contributed by atoms with Gasteiger partial charge in [0.1, 0.15) is 0 Å². The number of rotatable bonds is 3. The maximum Gasteiger partial charge on any atom is 0.306 e. The van der Waals surface area contributed by atoms with Gasteiger partial charge >= 0.3 is 5.97 Å². The van der Waals surface area contributed by atoms with E-state index in [1.807, 2.05) is 0 Å². The fraction of sp³-hybridized carbons (Fsp3) is 0.833. The molecule has 0 aromatic heterocycles. The van der Waals surface area contributed by atoms with Gasteiger partial charge in [-0.25, -0.2) is 0 Å². The molecular formula is C18H28O2. The Balaban J connectivity index is 1.94. The molecule has 20 heavy (non-hydrogen) atoms. The molecule has 3 aliphatic carbocycles. The van der Waals surface area contributed by atoms with Crippen LogP contribution in [0.3, 0.4) is 0 Å². The highest BCUT2D eigenvalue weighted by atomic mass is 16.4. The van der Waals surface area contributed by atoms with E-state index in [-0.39, 0.29) is 5.92 Å². The molecule has 0 spiro atoms. The molecule has 0 heterocycles. The molecule has 2 bridgehead atoms. The quantitative estimate of drug-likeness (QED) is 0.778. The summed E-state index contributed by atoms with van der Waals surface area (Å²) in [5.41, 5.74) is 0.335. The van der Waals surface area contributed by atoms with Crippen molar-refractivity contribution in [2.75, 3.05) is 0 Å². The van der Waals surface area contributed by atoms with Crippen molar-refractivity contribution >= 4 is 5.97 Å². The van der Waals surface area contributed by atoms with E-state index in [1.165, 1.54) is 25.7 Å². The van der Waals surface area contributed by atoms with Crippen molar-refractivity contribution in [2.45, 2.75) is 52.9 Å². The number of allylic oxidation sites excluding steroid dienone is 2. The lowest BCUT2D eigenvalue weighted by atomic mass is 9.55. The lowest BCUT2D eigenvalue weighted by Gasteiger charge is -2.48. The fourth-order valence-corrected chi connectivity index (χ4v) is 5.62. The van der Waals surface area contributed by atoms with Crippen LogP contribution in [-0.4, -0.2) is 11.1 Å². The molecule has 2 saturated carbocycles. The second-order valence-electron chi connectivity index (χ2n) is 8.04. The smallest absolute Gasteiger partial charge is 0.306 e. The van der Waals surface area contributed by atoms with Crippen molar-refractivity contribution in [2.24, 2.45) is 40.9 Å². The molecule has 3 rings (SSSR count). The Morgan fingerprint density at radius 2 is 2.10 bits per heavy atom. The standard InChI is InChI=1S/C18H28O2/c1-11(2)16-14(17(19)20)8-12(3)9-15(16)18-6-4-13(10-18)5-7-18/h4,6,11-16H,5,7-10H2,1-3H3,(H,19,20). The SMILES string of the molecule is CC1CC(C(=O)O)C(C(C)C)C(C23C=CC(CC2)C3)C1. The van der Waals surface area contributed by atoms with Crippen molar-refractivity contribution in [3.63, 3.8) is 0 Å². The topological polar surface area (TPSA) is 37.3 Å². The van der Waals surface area contributed by atoms with Gasteiger partial charge in [0.05, 0.1) is 5.92 Å². The summed E-state index contributed by atoms with van der Waals surface area (Å²) in [5.74, 6) is 2.04. The number of carboxylic acids is 1. The largest absolute Gasteiger partial charge is 0.481 e. The molecule has 0 saturated heterocycles. The van der Waals surface area contributed by atoms with Gasteiger partial charge in [0.2, 0.25) is 0 Å². The zero-order valence-corrected chi connectivity index (χ0v) is 13.0. The van der Waals surface area contributed by atoms with E-state index in [1.54, 1.807) is 0 Å². The maximum absolute atomic E-state index is 11.8. The normalized spacial score (nSPS) is 47.1. The second-order valence-corrected chi connectivity index (χ2v) is 8.04. The third-order valence-electron chi connectivity index (χ3n) is 6.39. The van der Waals surface area contributed by atoms with Gasteiger partial charge in [-0.15, -0.1) is 0 Å². The first-order valence-electron chi connectivity index (χ1n) is 8.35. The predicted octanol–water partition coefficient (Wildman–Crippen LogP) is 4.36. The molecule has 3 aliphatic rings. The molecule has 0 aromatic rings. The van der Waals surface area contributed by atoms with Gasteiger partial charge in [0.15, 0.2) is 0 Å². The summed E-state index contributed by atoms with van der Waals surface area (Å²) in [7, 11) is 0. The summed E-state index contributed by atoms with van der Waals surface area (Å²) >= 11 is 0. The second kappa shape index (κ2) is 4.89. The monoisotopic (exact) mass is 276 g/mol. The summed E-state index contributed by atoms with van der Waals surface area (Å²) in [6.07, 6.45) is 10.9. The van der Waals surface area contributed by atoms with Crippen molar-refractivity contribution in [3.05, 3.63) is 12.2 Å². The minimum absolute atomic E-state index is 0.133. The van der Waals surface area contributed by atoms with Crippen molar-refractivity contribution in [1.82, 2.24) is 0 Å². The highest BCUT2D eigenvalue weighted by Gasteiger charge is 2.53. The summed E-state index contributed by atoms with van der Waals surface area (Å²) in [4.78, 5) is 11.8. The van der Waals surface area contributed by atoms with Crippen LogP contribution in [-0.2, 0) is 4.79 Å². The Labute approximate surface area is 122 Å². The predicted molar refractivity (Wildman–Crippen MR) is 80.3 cm³/mol.